The summed E-state index contributed by atoms with van der Waals surface area (Å²) in [5.41, 5.74) is 6.07. The third-order valence-electron chi connectivity index (χ3n) is 6.26. The van der Waals surface area contributed by atoms with E-state index in [9.17, 15) is 9.83 Å². The number of nitriles is 1. The van der Waals surface area contributed by atoms with Crippen molar-refractivity contribution in [1.82, 2.24) is 19.9 Å². The van der Waals surface area contributed by atoms with Crippen molar-refractivity contribution < 1.29 is 4.57 Å². The number of rotatable bonds is 5. The van der Waals surface area contributed by atoms with Gasteiger partial charge >= 0.3 is 0 Å². The Kier molecular flexibility index (Phi) is 6.54. The van der Waals surface area contributed by atoms with Crippen molar-refractivity contribution in [2.24, 2.45) is 0 Å². The van der Waals surface area contributed by atoms with Gasteiger partial charge in [0.15, 0.2) is 5.82 Å². The van der Waals surface area contributed by atoms with Crippen molar-refractivity contribution in [3.63, 3.8) is 0 Å². The molecule has 3 aromatic rings. The summed E-state index contributed by atoms with van der Waals surface area (Å²) in [7, 11) is -0.336. The minimum absolute atomic E-state index is 0.303. The molecule has 0 radical (unpaired) electrons. The first kappa shape index (κ1) is 23.8. The number of nitrogens with zero attached hydrogens (tertiary/aromatic N) is 5. The average Bonchev–Trinajstić information content (AvgIpc) is 3.01. The van der Waals surface area contributed by atoms with Crippen LogP contribution < -0.4 is 16.1 Å². The Bertz CT molecular complexity index is 1370. The summed E-state index contributed by atoms with van der Waals surface area (Å²) in [6, 6.07) is 11.9. The predicted molar refractivity (Wildman–Crippen MR) is 143 cm³/mol. The lowest BCUT2D eigenvalue weighted by Crippen LogP contribution is -2.32. The summed E-state index contributed by atoms with van der Waals surface area (Å²) in [6.45, 7) is 5.40. The molecule has 4 heterocycles. The number of pyridine rings is 1. The fraction of sp³-hybridized carbons (Fsp3) is 0.360. The van der Waals surface area contributed by atoms with Crippen LogP contribution in [0.5, 0.6) is 0 Å². The predicted octanol–water partition coefficient (Wildman–Crippen LogP) is 4.30. The molecule has 1 unspecified atom stereocenters. The number of nitrogens with one attached hydrogen (secondary N) is 2. The van der Waals surface area contributed by atoms with E-state index in [1.165, 1.54) is 28.6 Å². The second-order valence-corrected chi connectivity index (χ2v) is 13.8. The molecule has 2 aromatic heterocycles. The van der Waals surface area contributed by atoms with Gasteiger partial charge in [0, 0.05) is 30.4 Å². The van der Waals surface area contributed by atoms with Crippen LogP contribution in [0, 0.1) is 11.3 Å². The zero-order valence-electron chi connectivity index (χ0n) is 20.1. The summed E-state index contributed by atoms with van der Waals surface area (Å²) in [4.78, 5) is 15.8. The first-order valence-corrected chi connectivity index (χ1v) is 15.3. The van der Waals surface area contributed by atoms with Crippen LogP contribution in [0.2, 0.25) is 0 Å². The molecule has 2 N–H and O–H groups in total. The van der Waals surface area contributed by atoms with E-state index in [0.717, 1.165) is 31.0 Å². The number of aromatic nitrogens is 3. The number of hydrogen-bond acceptors (Lipinski definition) is 9. The number of anilines is 4. The van der Waals surface area contributed by atoms with Gasteiger partial charge in [0.05, 0.1) is 6.20 Å². The zero-order valence-corrected chi connectivity index (χ0v) is 21.8. The van der Waals surface area contributed by atoms with Crippen molar-refractivity contribution in [2.45, 2.75) is 18.9 Å². The second kappa shape index (κ2) is 9.62. The molecule has 1 aromatic carbocycles. The topological polar surface area (TPSA) is 107 Å². The van der Waals surface area contributed by atoms with E-state index in [1.807, 2.05) is 11.8 Å². The lowest BCUT2D eigenvalue weighted by molar-refractivity contribution is 0.289. The van der Waals surface area contributed by atoms with E-state index in [0.29, 0.717) is 34.5 Å². The normalized spacial score (nSPS) is 17.7. The third kappa shape index (κ3) is 5.20. The number of hydrogen-bond donors (Lipinski definition) is 2. The van der Waals surface area contributed by atoms with Crippen molar-refractivity contribution in [2.75, 3.05) is 49.1 Å². The summed E-state index contributed by atoms with van der Waals surface area (Å²) in [5, 5.41) is 16.0. The molecule has 180 valence electrons. The van der Waals surface area contributed by atoms with E-state index in [1.54, 1.807) is 31.5 Å². The molecular formula is C25H28N7OPS. The van der Waals surface area contributed by atoms with Crippen LogP contribution >= 0.6 is 18.9 Å². The molecule has 0 fully saturated rings. The number of thioether (sulfide) groups is 1. The van der Waals surface area contributed by atoms with Crippen molar-refractivity contribution in [1.29, 1.82) is 5.26 Å². The molecule has 0 spiro atoms. The molecular weight excluding hydrogens is 477 g/mol. The van der Waals surface area contributed by atoms with Crippen LogP contribution in [0.4, 0.5) is 23.3 Å². The molecule has 0 aliphatic carbocycles. The molecule has 8 nitrogen and oxygen atoms in total. The fourth-order valence-electron chi connectivity index (χ4n) is 4.74. The first-order chi connectivity index (χ1) is 16.8. The lowest BCUT2D eigenvalue weighted by Gasteiger charge is -2.33. The Labute approximate surface area is 210 Å². The third-order valence-corrected chi connectivity index (χ3v) is 8.75. The molecule has 0 saturated heterocycles. The Morgan fingerprint density at radius 2 is 2.03 bits per heavy atom. The maximum Gasteiger partial charge on any atom is 0.229 e. The fourth-order valence-corrected chi connectivity index (χ4v) is 6.62. The standard InChI is InChI=1S/C25H28N7OPS/c1-32-13-17-10-20(9-16-7-8-35-15-19(14-32)23(16)17)28-25-27-12-18(11-26)24(31-25)30-21-5-4-6-22(29-21)34(2,3)33/h4-6,9-10,12,19H,7-8,13-15H2,1-3H3,(H2,27,28,29,30,31). The first-order valence-electron chi connectivity index (χ1n) is 11.6. The van der Waals surface area contributed by atoms with Gasteiger partial charge in [-0.05, 0) is 73.5 Å². The molecule has 1 atom stereocenters. The summed E-state index contributed by atoms with van der Waals surface area (Å²) < 4.78 is 12.4. The van der Waals surface area contributed by atoms with Crippen LogP contribution in [0.25, 0.3) is 0 Å². The molecule has 2 aliphatic heterocycles. The summed E-state index contributed by atoms with van der Waals surface area (Å²) >= 11 is 2.03. The molecule has 5 rings (SSSR count). The Hall–Kier alpha value is -2.92. The van der Waals surface area contributed by atoms with Gasteiger partial charge in [-0.15, -0.1) is 0 Å². The van der Waals surface area contributed by atoms with Crippen LogP contribution in [0.15, 0.2) is 36.5 Å². The van der Waals surface area contributed by atoms with Gasteiger partial charge < -0.3 is 20.1 Å². The molecule has 0 saturated carbocycles. The van der Waals surface area contributed by atoms with Gasteiger partial charge in [0.2, 0.25) is 5.95 Å². The lowest BCUT2D eigenvalue weighted by atomic mass is 9.86. The number of benzene rings is 1. The van der Waals surface area contributed by atoms with E-state index >= 15 is 0 Å². The maximum atomic E-state index is 12.4. The Balaban J connectivity index is 1.45. The van der Waals surface area contributed by atoms with Gasteiger partial charge in [-0.25, -0.2) is 9.97 Å². The monoisotopic (exact) mass is 505 g/mol. The molecule has 10 heteroatoms. The van der Waals surface area contributed by atoms with Gasteiger partial charge in [-0.3, -0.25) is 0 Å². The minimum Gasteiger partial charge on any atom is -0.324 e. The molecule has 0 bridgehead atoms. The van der Waals surface area contributed by atoms with E-state index in [4.69, 9.17) is 0 Å². The van der Waals surface area contributed by atoms with E-state index in [-0.39, 0.29) is 0 Å². The SMILES string of the molecule is CN1Cc2cc(Nc3ncc(C#N)c(Nc4cccc(P(C)(C)=O)n4)n3)cc3c2C(CSCC3)C1. The number of likely N-dealkylation sites (N-methyl/N-ethyl adjacent to an activating group) is 1. The largest absolute Gasteiger partial charge is 0.324 e. The van der Waals surface area contributed by atoms with Gasteiger partial charge in [0.1, 0.15) is 30.0 Å². The van der Waals surface area contributed by atoms with Crippen molar-refractivity contribution in [3.05, 3.63) is 58.8 Å². The average molecular weight is 506 g/mol. The zero-order chi connectivity index (χ0) is 24.6. The summed E-state index contributed by atoms with van der Waals surface area (Å²) in [6.07, 6.45) is 2.56. The highest BCUT2D eigenvalue weighted by Gasteiger charge is 2.28. The number of aryl methyl sites for hydroxylation is 1. The highest BCUT2D eigenvalue weighted by Crippen LogP contribution is 2.38. The maximum absolute atomic E-state index is 12.4. The molecule has 2 aliphatic rings. The highest BCUT2D eigenvalue weighted by molar-refractivity contribution is 7.99. The quantitative estimate of drug-likeness (QED) is 0.491. The van der Waals surface area contributed by atoms with Crippen molar-refractivity contribution in [3.8, 4) is 6.07 Å². The van der Waals surface area contributed by atoms with Crippen LogP contribution in [-0.4, -0.2) is 58.3 Å². The Morgan fingerprint density at radius 1 is 1.20 bits per heavy atom. The van der Waals surface area contributed by atoms with Crippen LogP contribution in [-0.2, 0) is 17.5 Å². The molecule has 35 heavy (non-hydrogen) atoms. The summed E-state index contributed by atoms with van der Waals surface area (Å²) in [5.74, 6) is 4.11. The molecule has 0 amide bonds. The van der Waals surface area contributed by atoms with Gasteiger partial charge in [0.25, 0.3) is 0 Å². The van der Waals surface area contributed by atoms with Crippen LogP contribution in [0.3, 0.4) is 0 Å². The van der Waals surface area contributed by atoms with Gasteiger partial charge in [-0.2, -0.15) is 22.0 Å². The van der Waals surface area contributed by atoms with E-state index in [2.05, 4.69) is 55.7 Å². The van der Waals surface area contributed by atoms with E-state index < -0.39 is 7.14 Å². The van der Waals surface area contributed by atoms with Gasteiger partial charge in [-0.1, -0.05) is 6.07 Å². The minimum atomic E-state index is -2.52. The van der Waals surface area contributed by atoms with Crippen LogP contribution in [0.1, 0.15) is 28.2 Å². The smallest absolute Gasteiger partial charge is 0.229 e. The second-order valence-electron chi connectivity index (χ2n) is 9.48. The Morgan fingerprint density at radius 3 is 2.83 bits per heavy atom. The van der Waals surface area contributed by atoms with Crippen molar-refractivity contribution >= 4 is 47.6 Å². The highest BCUT2D eigenvalue weighted by atomic mass is 32.2.